The van der Waals surface area contributed by atoms with Crippen LogP contribution in [0.25, 0.3) is 0 Å². The Balaban J connectivity index is -0.0000000117. The topological polar surface area (TPSA) is 110 Å². The summed E-state index contributed by atoms with van der Waals surface area (Å²) < 4.78 is 12.6. The molecule has 0 rings (SSSR count). The van der Waals surface area contributed by atoms with Crippen molar-refractivity contribution < 1.29 is 33.8 Å². The Morgan fingerprint density at radius 2 is 1.64 bits per heavy atom. The summed E-state index contributed by atoms with van der Waals surface area (Å²) in [6, 6.07) is 0. The minimum absolute atomic E-state index is 0. The van der Waals surface area contributed by atoms with E-state index in [1.807, 2.05) is 0 Å². The second-order valence-electron chi connectivity index (χ2n) is 0.889. The van der Waals surface area contributed by atoms with Crippen molar-refractivity contribution in [1.82, 2.24) is 0 Å². The quantitative estimate of drug-likeness (QED) is 0.344. The summed E-state index contributed by atoms with van der Waals surface area (Å²) >= 11 is 0. The summed E-state index contributed by atoms with van der Waals surface area (Å²) in [5.74, 6) is 0. The third kappa shape index (κ3) is 24.5. The van der Waals surface area contributed by atoms with Crippen LogP contribution in [0.3, 0.4) is 0 Å². The minimum Gasteiger partial charge on any atom is -1.00 e. The molecule has 0 saturated heterocycles. The molecule has 0 heterocycles. The van der Waals surface area contributed by atoms with Crippen molar-refractivity contribution in [3.05, 3.63) is 0 Å². The van der Waals surface area contributed by atoms with Crippen molar-refractivity contribution in [3.63, 3.8) is 0 Å². The molecule has 59 valence electrons. The summed E-state index contributed by atoms with van der Waals surface area (Å²) in [6.45, 7) is 0. The molecule has 0 aromatic rings. The smallest absolute Gasteiger partial charge is 1.00 e. The van der Waals surface area contributed by atoms with Gasteiger partial charge in [0, 0.05) is 17.4 Å². The first-order valence-electron chi connectivity index (χ1n) is 1.42. The van der Waals surface area contributed by atoms with Crippen LogP contribution in [-0.2, 0) is 8.78 Å². The Hall–Kier alpha value is 2.18. The van der Waals surface area contributed by atoms with E-state index in [9.17, 15) is 9.46 Å². The molecule has 3 radical (unpaired) electrons. The zero-order valence-corrected chi connectivity index (χ0v) is 11.4. The summed E-state index contributed by atoms with van der Waals surface area (Å²) in [6.07, 6.45) is 0. The zero-order chi connectivity index (χ0) is 6.78. The summed E-state index contributed by atoms with van der Waals surface area (Å²) in [7, 11) is -8.19. The Morgan fingerprint density at radius 1 is 1.36 bits per heavy atom. The van der Waals surface area contributed by atoms with E-state index < -0.39 is 17.3 Å². The monoisotopic (exact) mass is 237 g/mol. The fourth-order valence-corrected chi connectivity index (χ4v) is 0.900. The fraction of sp³-hybridized carbons (Fsp3) is 0. The van der Waals surface area contributed by atoms with E-state index in [1.165, 1.54) is 0 Å². The molecular weight excluding hydrogens is 231 g/mol. The van der Waals surface area contributed by atoms with E-state index in [0.29, 0.717) is 0 Å². The molecule has 0 spiro atoms. The van der Waals surface area contributed by atoms with Gasteiger partial charge in [0.15, 0.2) is 0 Å². The number of hydrogen-bond donors (Lipinski definition) is 3. The molecule has 0 aliphatic rings. The van der Waals surface area contributed by atoms with Crippen LogP contribution < -0.4 is 4.89 Å². The maximum absolute atomic E-state index is 9.38. The second-order valence-corrected chi connectivity index (χ2v) is 3.21. The molecule has 0 aliphatic heterocycles. The van der Waals surface area contributed by atoms with Gasteiger partial charge in [0.05, 0.1) is 0 Å². The van der Waals surface area contributed by atoms with Crippen molar-refractivity contribution in [2.24, 2.45) is 0 Å². The molecule has 0 bridgehead atoms. The minimum atomic E-state index is -4.82. The molecule has 11 heteroatoms. The van der Waals surface area contributed by atoms with Crippen LogP contribution in [0.1, 0.15) is 5.71 Å². The third-order valence-electron chi connectivity index (χ3n) is 0.197. The van der Waals surface area contributed by atoms with Crippen LogP contribution in [0.5, 0.6) is 0 Å². The maximum Gasteiger partial charge on any atom is 2.00 e. The molecule has 1 unspecified atom stereocenters. The molecule has 0 aliphatic carbocycles. The summed E-state index contributed by atoms with van der Waals surface area (Å²) in [4.78, 5) is 32.9. The largest absolute Gasteiger partial charge is 2.00 e. The van der Waals surface area contributed by atoms with E-state index >= 15 is 0 Å². The van der Waals surface area contributed by atoms with Crippen LogP contribution in [-0.4, -0.2) is 86.9 Å². The summed E-state index contributed by atoms with van der Waals surface area (Å²) in [5.41, 5.74) is 0. The van der Waals surface area contributed by atoms with E-state index in [-0.39, 0.29) is 69.2 Å². The predicted octanol–water partition coefficient (Wildman–Crippen LogP) is -3.26. The average molecular weight is 238 g/mol. The normalized spacial score (nSPS) is 10.0. The van der Waals surface area contributed by atoms with Crippen LogP contribution in [0.15, 0.2) is 0 Å². The van der Waals surface area contributed by atoms with Gasteiger partial charge in [-0.15, -0.1) is 4.21 Å². The van der Waals surface area contributed by atoms with Gasteiger partial charge in [-0.05, 0) is 4.57 Å². The van der Waals surface area contributed by atoms with Crippen LogP contribution >= 0.6 is 8.25 Å². The van der Waals surface area contributed by atoms with Gasteiger partial charge in [-0.1, -0.05) is 0 Å². The van der Waals surface area contributed by atoms with E-state index in [2.05, 4.69) is 4.21 Å². The Morgan fingerprint density at radius 3 is 1.64 bits per heavy atom. The molecule has 0 saturated carbocycles. The van der Waals surface area contributed by atoms with Gasteiger partial charge >= 0.3 is 63.4 Å². The molecule has 1 atom stereocenters. The average Bonchev–Trinajstić information content (AvgIpc) is 1.21. The van der Waals surface area contributed by atoms with Gasteiger partial charge in [0.2, 0.25) is 0 Å². The predicted molar refractivity (Wildman–Crippen MR) is 42.8 cm³/mol. The van der Waals surface area contributed by atoms with Gasteiger partial charge in [0.25, 0.3) is 0 Å². The van der Waals surface area contributed by atoms with Crippen LogP contribution in [0.2, 0.25) is 0 Å². The van der Waals surface area contributed by atoms with E-state index in [1.54, 1.807) is 0 Å². The SMILES string of the molecule is O=[P+]([O-])O[Si](O)(O)O.[Al].[H-].[H-].[H-].[H-].[Mg+2].[Mg+2]. The molecule has 11 heavy (non-hydrogen) atoms. The van der Waals surface area contributed by atoms with Crippen LogP contribution in [0.4, 0.5) is 0 Å². The molecule has 0 fully saturated rings. The van der Waals surface area contributed by atoms with Gasteiger partial charge in [-0.25, -0.2) is 0 Å². The van der Waals surface area contributed by atoms with Crippen molar-refractivity contribution in [2.45, 2.75) is 0 Å². The molecule has 6 nitrogen and oxygen atoms in total. The Bertz CT molecular complexity index is 116. The maximum atomic E-state index is 9.38. The van der Waals surface area contributed by atoms with Crippen LogP contribution in [0, 0.1) is 0 Å². The van der Waals surface area contributed by atoms with Gasteiger partial charge < -0.3 is 25.0 Å². The van der Waals surface area contributed by atoms with Crippen molar-refractivity contribution in [1.29, 1.82) is 0 Å². The van der Waals surface area contributed by atoms with E-state index in [4.69, 9.17) is 14.4 Å². The Labute approximate surface area is 114 Å². The molecule has 0 aromatic carbocycles. The van der Waals surface area contributed by atoms with Crippen molar-refractivity contribution in [2.75, 3.05) is 0 Å². The first kappa shape index (κ1) is 23.2. The van der Waals surface area contributed by atoms with Gasteiger partial charge in [-0.2, -0.15) is 0 Å². The third-order valence-corrected chi connectivity index (χ3v) is 1.77. The van der Waals surface area contributed by atoms with Crippen molar-refractivity contribution in [3.8, 4) is 0 Å². The molecule has 0 amide bonds. The number of rotatable bonds is 2. The zero-order valence-electron chi connectivity index (χ0n) is 9.51. The van der Waals surface area contributed by atoms with Crippen molar-refractivity contribution >= 4 is 80.8 Å². The van der Waals surface area contributed by atoms with Gasteiger partial charge in [-0.3, -0.25) is 0 Å². The second kappa shape index (κ2) is 10.3. The first-order chi connectivity index (χ1) is 3.42. The fourth-order valence-electron chi connectivity index (χ4n) is 0.100. The molecule has 0 aromatic heterocycles. The standard InChI is InChI=1S/Al.2Mg.H3O6PSi.4H/c;;;1-7(2)6-8(3,4)5;;;;/h;;;3-5H;;;;/q;2*+2;;4*-1. The molecular formula is H7AlMg2O6PSi. The Kier molecular flexibility index (Phi) is 21.7. The summed E-state index contributed by atoms with van der Waals surface area (Å²) in [5, 5.41) is 0. The number of hydrogen-bond acceptors (Lipinski definition) is 6. The first-order valence-corrected chi connectivity index (χ1v) is 4.27. The molecule has 3 N–H and O–H groups in total. The van der Waals surface area contributed by atoms with Gasteiger partial charge in [0.1, 0.15) is 0 Å². The van der Waals surface area contributed by atoms with E-state index in [0.717, 1.165) is 0 Å².